The molecular weight excluding hydrogens is 300 g/mol. The van der Waals surface area contributed by atoms with Crippen LogP contribution in [0.3, 0.4) is 0 Å². The number of aromatic hydroxyl groups is 1. The van der Waals surface area contributed by atoms with Gasteiger partial charge in [-0.3, -0.25) is 4.79 Å². The van der Waals surface area contributed by atoms with Crippen LogP contribution in [0.2, 0.25) is 0 Å². The highest BCUT2D eigenvalue weighted by Crippen LogP contribution is 2.12. The molecule has 2 aromatic carbocycles. The van der Waals surface area contributed by atoms with Crippen molar-refractivity contribution in [2.24, 2.45) is 5.10 Å². The van der Waals surface area contributed by atoms with Crippen molar-refractivity contribution in [3.05, 3.63) is 58.4 Å². The van der Waals surface area contributed by atoms with E-state index in [4.69, 9.17) is 12.2 Å². The molecule has 0 saturated carbocycles. The van der Waals surface area contributed by atoms with Crippen LogP contribution in [0.15, 0.2) is 47.6 Å². The summed E-state index contributed by atoms with van der Waals surface area (Å²) < 4.78 is 0.512. The molecule has 0 bridgehead atoms. The Kier molecular flexibility index (Phi) is 3.71. The number of nitrogens with zero attached hydrogens (tertiary/aromatic N) is 1. The third-order valence-corrected chi connectivity index (χ3v) is 3.26. The fourth-order valence-electron chi connectivity index (χ4n) is 1.96. The number of aromatic amines is 2. The number of carbonyl (C=O) groups excluding carboxylic acids is 1. The van der Waals surface area contributed by atoms with Crippen molar-refractivity contribution in [2.75, 3.05) is 0 Å². The molecule has 1 aromatic heterocycles. The number of hydrazone groups is 1. The molecule has 0 radical (unpaired) electrons. The Morgan fingerprint density at radius 1 is 1.14 bits per heavy atom. The predicted octanol–water partition coefficient (Wildman–Crippen LogP) is 2.69. The second-order valence-corrected chi connectivity index (χ2v) is 5.04. The highest BCUT2D eigenvalue weighted by molar-refractivity contribution is 7.71. The van der Waals surface area contributed by atoms with Gasteiger partial charge in [-0.1, -0.05) is 0 Å². The number of phenols is 1. The van der Waals surface area contributed by atoms with Crippen LogP contribution in [-0.2, 0) is 0 Å². The number of nitrogens with one attached hydrogen (secondary N) is 3. The van der Waals surface area contributed by atoms with E-state index >= 15 is 0 Å². The van der Waals surface area contributed by atoms with Gasteiger partial charge < -0.3 is 15.1 Å². The molecule has 0 aliphatic carbocycles. The monoisotopic (exact) mass is 312 g/mol. The van der Waals surface area contributed by atoms with Crippen LogP contribution in [0.25, 0.3) is 11.0 Å². The number of imidazole rings is 1. The zero-order valence-corrected chi connectivity index (χ0v) is 12.1. The minimum absolute atomic E-state index is 0.179. The van der Waals surface area contributed by atoms with Crippen LogP contribution < -0.4 is 5.43 Å². The fourth-order valence-corrected chi connectivity index (χ4v) is 2.18. The first-order valence-electron chi connectivity index (χ1n) is 6.46. The minimum atomic E-state index is -0.322. The molecule has 1 heterocycles. The van der Waals surface area contributed by atoms with Gasteiger partial charge in [-0.15, -0.1) is 0 Å². The van der Waals surface area contributed by atoms with Gasteiger partial charge in [-0.25, -0.2) is 5.43 Å². The minimum Gasteiger partial charge on any atom is -0.508 e. The second-order valence-electron chi connectivity index (χ2n) is 4.63. The quantitative estimate of drug-likeness (QED) is 0.340. The SMILES string of the molecule is O=C(N/N=C\c1ccc(O)cc1)c1ccc2[nH]c(=S)[nH]c2c1. The predicted molar refractivity (Wildman–Crippen MR) is 86.7 cm³/mol. The summed E-state index contributed by atoms with van der Waals surface area (Å²) >= 11 is 5.00. The van der Waals surface area contributed by atoms with E-state index in [9.17, 15) is 9.90 Å². The molecule has 0 fully saturated rings. The van der Waals surface area contributed by atoms with E-state index in [0.29, 0.717) is 10.3 Å². The maximum Gasteiger partial charge on any atom is 0.271 e. The maximum atomic E-state index is 12.0. The number of benzene rings is 2. The standard InChI is InChI=1S/C15H12N4O2S/c20-11-4-1-9(2-5-11)8-16-19-14(21)10-3-6-12-13(7-10)18-15(22)17-12/h1-8,20H,(H,19,21)(H2,17,18,22)/b16-8-. The number of rotatable bonds is 3. The van der Waals surface area contributed by atoms with E-state index in [1.54, 1.807) is 42.5 Å². The molecule has 6 nitrogen and oxygen atoms in total. The molecule has 3 rings (SSSR count). The molecular formula is C15H12N4O2S. The highest BCUT2D eigenvalue weighted by Gasteiger charge is 2.06. The lowest BCUT2D eigenvalue weighted by Gasteiger charge is -2.00. The Labute approximate surface area is 130 Å². The van der Waals surface area contributed by atoms with E-state index < -0.39 is 0 Å². The van der Waals surface area contributed by atoms with Crippen molar-refractivity contribution in [1.29, 1.82) is 0 Å². The van der Waals surface area contributed by atoms with E-state index in [2.05, 4.69) is 20.5 Å². The van der Waals surface area contributed by atoms with Crippen LogP contribution in [-0.4, -0.2) is 27.2 Å². The summed E-state index contributed by atoms with van der Waals surface area (Å²) in [5.41, 5.74) is 5.30. The zero-order valence-electron chi connectivity index (χ0n) is 11.3. The van der Waals surface area contributed by atoms with Crippen LogP contribution in [0.5, 0.6) is 5.75 Å². The molecule has 0 aliphatic rings. The molecule has 0 aliphatic heterocycles. The van der Waals surface area contributed by atoms with Gasteiger partial charge in [0, 0.05) is 5.56 Å². The van der Waals surface area contributed by atoms with E-state index in [1.807, 2.05) is 0 Å². The Hall–Kier alpha value is -2.93. The lowest BCUT2D eigenvalue weighted by atomic mass is 10.2. The summed E-state index contributed by atoms with van der Waals surface area (Å²) in [4.78, 5) is 18.0. The van der Waals surface area contributed by atoms with Crippen LogP contribution >= 0.6 is 12.2 Å². The Morgan fingerprint density at radius 3 is 2.64 bits per heavy atom. The zero-order chi connectivity index (χ0) is 15.5. The topological polar surface area (TPSA) is 93.3 Å². The molecule has 0 spiro atoms. The third kappa shape index (κ3) is 3.04. The third-order valence-electron chi connectivity index (χ3n) is 3.05. The van der Waals surface area contributed by atoms with E-state index in [-0.39, 0.29) is 11.7 Å². The first kappa shape index (κ1) is 14.0. The van der Waals surface area contributed by atoms with Gasteiger partial charge in [0.15, 0.2) is 4.77 Å². The number of hydrogen-bond donors (Lipinski definition) is 4. The van der Waals surface area contributed by atoms with Crippen molar-refractivity contribution in [2.45, 2.75) is 0 Å². The van der Waals surface area contributed by atoms with Crippen LogP contribution in [0.1, 0.15) is 15.9 Å². The highest BCUT2D eigenvalue weighted by atomic mass is 32.1. The Morgan fingerprint density at radius 2 is 1.86 bits per heavy atom. The summed E-state index contributed by atoms with van der Waals surface area (Å²) in [5, 5.41) is 13.1. The van der Waals surface area contributed by atoms with Crippen molar-refractivity contribution < 1.29 is 9.90 Å². The van der Waals surface area contributed by atoms with Gasteiger partial charge in [0.1, 0.15) is 5.75 Å². The number of carbonyl (C=O) groups is 1. The Balaban J connectivity index is 1.72. The normalized spacial score (nSPS) is 11.1. The van der Waals surface area contributed by atoms with Crippen molar-refractivity contribution in [3.8, 4) is 5.75 Å². The van der Waals surface area contributed by atoms with Crippen molar-refractivity contribution in [3.63, 3.8) is 0 Å². The molecule has 7 heteroatoms. The summed E-state index contributed by atoms with van der Waals surface area (Å²) in [6.45, 7) is 0. The van der Waals surface area contributed by atoms with Gasteiger partial charge in [0.05, 0.1) is 17.2 Å². The lowest BCUT2D eigenvalue weighted by molar-refractivity contribution is 0.0955. The summed E-state index contributed by atoms with van der Waals surface area (Å²) in [6, 6.07) is 11.6. The van der Waals surface area contributed by atoms with Gasteiger partial charge in [-0.05, 0) is 60.2 Å². The number of amides is 1. The average Bonchev–Trinajstić information content (AvgIpc) is 2.88. The largest absolute Gasteiger partial charge is 0.508 e. The molecule has 4 N–H and O–H groups in total. The number of hydrogen-bond acceptors (Lipinski definition) is 4. The molecule has 0 unspecified atom stereocenters. The Bertz CT molecular complexity index is 909. The van der Waals surface area contributed by atoms with Crippen LogP contribution in [0.4, 0.5) is 0 Å². The number of H-pyrrole nitrogens is 2. The fraction of sp³-hybridized carbons (Fsp3) is 0. The summed E-state index contributed by atoms with van der Waals surface area (Å²) in [6.07, 6.45) is 1.50. The molecule has 1 amide bonds. The molecule has 3 aromatic rings. The average molecular weight is 312 g/mol. The van der Waals surface area contributed by atoms with Crippen LogP contribution in [0, 0.1) is 4.77 Å². The first-order chi connectivity index (χ1) is 10.6. The van der Waals surface area contributed by atoms with Gasteiger partial charge in [0.2, 0.25) is 0 Å². The molecule has 0 atom stereocenters. The number of fused-ring (bicyclic) bond motifs is 1. The summed E-state index contributed by atoms with van der Waals surface area (Å²) in [7, 11) is 0. The molecule has 22 heavy (non-hydrogen) atoms. The first-order valence-corrected chi connectivity index (χ1v) is 6.87. The van der Waals surface area contributed by atoms with E-state index in [1.165, 1.54) is 6.21 Å². The van der Waals surface area contributed by atoms with Gasteiger partial charge >= 0.3 is 0 Å². The summed E-state index contributed by atoms with van der Waals surface area (Å²) in [5.74, 6) is -0.143. The van der Waals surface area contributed by atoms with Gasteiger partial charge in [0.25, 0.3) is 5.91 Å². The molecule has 110 valence electrons. The van der Waals surface area contributed by atoms with Crippen molar-refractivity contribution in [1.82, 2.24) is 15.4 Å². The smallest absolute Gasteiger partial charge is 0.271 e. The number of phenolic OH excluding ortho intramolecular Hbond substituents is 1. The number of aromatic nitrogens is 2. The molecule has 0 saturated heterocycles. The van der Waals surface area contributed by atoms with Gasteiger partial charge in [-0.2, -0.15) is 5.10 Å². The maximum absolute atomic E-state index is 12.0. The van der Waals surface area contributed by atoms with E-state index in [0.717, 1.165) is 16.6 Å². The second kappa shape index (κ2) is 5.82. The van der Waals surface area contributed by atoms with Crippen molar-refractivity contribution >= 4 is 35.4 Å². The lowest BCUT2D eigenvalue weighted by Crippen LogP contribution is -2.17.